The summed E-state index contributed by atoms with van der Waals surface area (Å²) in [5.74, 6) is -0.198. The Kier molecular flexibility index (Phi) is 8.71. The van der Waals surface area contributed by atoms with E-state index in [1.54, 1.807) is 6.07 Å². The number of amides is 1. The second kappa shape index (κ2) is 10.9. The molecule has 0 saturated carbocycles. The van der Waals surface area contributed by atoms with Crippen LogP contribution in [0.25, 0.3) is 0 Å². The first kappa shape index (κ1) is 26.4. The van der Waals surface area contributed by atoms with E-state index in [4.69, 9.17) is 0 Å². The lowest BCUT2D eigenvalue weighted by atomic mass is 9.72. The van der Waals surface area contributed by atoms with E-state index in [9.17, 15) is 9.90 Å². The van der Waals surface area contributed by atoms with Crippen molar-refractivity contribution in [2.24, 2.45) is 5.41 Å². The third kappa shape index (κ3) is 7.92. The van der Waals surface area contributed by atoms with E-state index < -0.39 is 0 Å². The van der Waals surface area contributed by atoms with Gasteiger partial charge in [0.1, 0.15) is 5.75 Å². The van der Waals surface area contributed by atoms with Crippen LogP contribution in [0.5, 0.6) is 5.75 Å². The fraction of sp³-hybridized carbons (Fsp3) is 0.433. The van der Waals surface area contributed by atoms with Gasteiger partial charge in [-0.3, -0.25) is 4.79 Å². The first-order valence-electron chi connectivity index (χ1n) is 11.9. The van der Waals surface area contributed by atoms with Gasteiger partial charge in [0.05, 0.1) is 5.69 Å². The molecule has 1 aliphatic carbocycles. The molecule has 0 bridgehead atoms. The van der Waals surface area contributed by atoms with Gasteiger partial charge in [0.25, 0.3) is 0 Å². The summed E-state index contributed by atoms with van der Waals surface area (Å²) in [5, 5.41) is 12.9. The summed E-state index contributed by atoms with van der Waals surface area (Å²) < 4.78 is 0. The van der Waals surface area contributed by atoms with Crippen molar-refractivity contribution in [3.63, 3.8) is 0 Å². The van der Waals surface area contributed by atoms with E-state index >= 15 is 0 Å². The number of aromatic hydroxyl groups is 1. The molecule has 0 spiro atoms. The molecule has 0 unspecified atom stereocenters. The predicted molar refractivity (Wildman–Crippen MR) is 142 cm³/mol. The minimum Gasteiger partial charge on any atom is -0.506 e. The number of benzene rings is 1. The van der Waals surface area contributed by atoms with Gasteiger partial charge in [-0.1, -0.05) is 82.2 Å². The van der Waals surface area contributed by atoms with Crippen molar-refractivity contribution in [1.29, 1.82) is 0 Å². The van der Waals surface area contributed by atoms with Gasteiger partial charge in [-0.25, -0.2) is 0 Å². The third-order valence-corrected chi connectivity index (χ3v) is 6.25. The summed E-state index contributed by atoms with van der Waals surface area (Å²) in [7, 11) is 0. The maximum Gasteiger partial charge on any atom is 0.248 e. The zero-order valence-electron chi connectivity index (χ0n) is 21.7. The number of phenols is 1. The summed E-state index contributed by atoms with van der Waals surface area (Å²) in [6.45, 7) is 17.2. The monoisotopic (exact) mass is 447 g/mol. The normalized spacial score (nSPS) is 17.8. The van der Waals surface area contributed by atoms with Crippen molar-refractivity contribution in [2.75, 3.05) is 5.32 Å². The van der Waals surface area contributed by atoms with Gasteiger partial charge in [-0.15, -0.1) is 0 Å². The van der Waals surface area contributed by atoms with Crippen LogP contribution in [0.2, 0.25) is 0 Å². The highest BCUT2D eigenvalue weighted by molar-refractivity contribution is 6.01. The minimum atomic E-state index is -0.263. The van der Waals surface area contributed by atoms with Gasteiger partial charge in [0, 0.05) is 6.08 Å². The van der Waals surface area contributed by atoms with Gasteiger partial charge in [-0.2, -0.15) is 0 Å². The van der Waals surface area contributed by atoms with Gasteiger partial charge in [0.15, 0.2) is 0 Å². The Balaban J connectivity index is 2.03. The Hall–Kier alpha value is -2.81. The lowest BCUT2D eigenvalue weighted by Gasteiger charge is -2.32. The number of rotatable bonds is 6. The van der Waals surface area contributed by atoms with Crippen molar-refractivity contribution in [3.05, 3.63) is 82.5 Å². The van der Waals surface area contributed by atoms with Crippen LogP contribution in [0.3, 0.4) is 0 Å². The molecular weight excluding hydrogens is 406 g/mol. The third-order valence-electron chi connectivity index (χ3n) is 6.25. The molecule has 0 fully saturated rings. The topological polar surface area (TPSA) is 49.3 Å². The molecule has 2 rings (SSSR count). The molecule has 1 aliphatic rings. The van der Waals surface area contributed by atoms with Gasteiger partial charge >= 0.3 is 0 Å². The van der Waals surface area contributed by atoms with Crippen LogP contribution in [-0.4, -0.2) is 11.0 Å². The number of hydrogen-bond donors (Lipinski definition) is 2. The molecule has 33 heavy (non-hydrogen) atoms. The highest BCUT2D eigenvalue weighted by atomic mass is 16.3. The Morgan fingerprint density at radius 1 is 1.12 bits per heavy atom. The van der Waals surface area contributed by atoms with Crippen LogP contribution >= 0.6 is 0 Å². The molecule has 0 heterocycles. The molecule has 1 aromatic rings. The van der Waals surface area contributed by atoms with Crippen molar-refractivity contribution in [1.82, 2.24) is 0 Å². The van der Waals surface area contributed by atoms with E-state index in [-0.39, 0.29) is 22.5 Å². The summed E-state index contributed by atoms with van der Waals surface area (Å²) in [5.41, 5.74) is 6.59. The number of phenolic OH excluding ortho intramolecular Hbond substituents is 1. The molecule has 2 N–H and O–H groups in total. The van der Waals surface area contributed by atoms with Crippen LogP contribution in [0, 0.1) is 5.41 Å². The first-order valence-corrected chi connectivity index (χ1v) is 11.9. The minimum absolute atomic E-state index is 0.0646. The zero-order chi connectivity index (χ0) is 24.8. The van der Waals surface area contributed by atoms with Crippen molar-refractivity contribution >= 4 is 11.6 Å². The molecule has 3 heteroatoms. The second-order valence-corrected chi connectivity index (χ2v) is 10.9. The second-order valence-electron chi connectivity index (χ2n) is 10.9. The number of nitrogens with one attached hydrogen (secondary N) is 1. The van der Waals surface area contributed by atoms with E-state index in [1.807, 2.05) is 31.2 Å². The average Bonchev–Trinajstić information content (AvgIpc) is 2.67. The lowest BCUT2D eigenvalue weighted by molar-refractivity contribution is -0.112. The smallest absolute Gasteiger partial charge is 0.248 e. The predicted octanol–water partition coefficient (Wildman–Crippen LogP) is 8.16. The highest BCUT2D eigenvalue weighted by Gasteiger charge is 2.26. The van der Waals surface area contributed by atoms with E-state index in [0.717, 1.165) is 16.7 Å². The van der Waals surface area contributed by atoms with Crippen LogP contribution in [0.15, 0.2) is 76.9 Å². The summed E-state index contributed by atoms with van der Waals surface area (Å²) in [4.78, 5) is 12.4. The van der Waals surface area contributed by atoms with Gasteiger partial charge < -0.3 is 10.4 Å². The fourth-order valence-corrected chi connectivity index (χ4v) is 4.16. The zero-order valence-corrected chi connectivity index (χ0v) is 21.7. The SMILES string of the molecule is CC(C=CC1=C(C)CCCC1(C)C)=CC=CC(C)=CC(=O)Nc1cc(C(C)(C)C)ccc1O. The molecule has 1 aromatic carbocycles. The molecule has 0 saturated heterocycles. The number of hydrogen-bond acceptors (Lipinski definition) is 2. The first-order chi connectivity index (χ1) is 15.3. The molecule has 0 atom stereocenters. The fourth-order valence-electron chi connectivity index (χ4n) is 4.16. The summed E-state index contributed by atoms with van der Waals surface area (Å²) in [6, 6.07) is 5.33. The van der Waals surface area contributed by atoms with E-state index in [2.05, 4.69) is 72.0 Å². The van der Waals surface area contributed by atoms with Crippen LogP contribution in [0.1, 0.15) is 80.2 Å². The molecule has 178 valence electrons. The maximum atomic E-state index is 12.4. The summed E-state index contributed by atoms with van der Waals surface area (Å²) in [6.07, 6.45) is 15.6. The Morgan fingerprint density at radius 2 is 1.82 bits per heavy atom. The lowest BCUT2D eigenvalue weighted by Crippen LogP contribution is -2.19. The Labute approximate surface area is 200 Å². The van der Waals surface area contributed by atoms with Crippen LogP contribution < -0.4 is 5.32 Å². The van der Waals surface area contributed by atoms with Gasteiger partial charge in [0.2, 0.25) is 5.91 Å². The van der Waals surface area contributed by atoms with Crippen molar-refractivity contribution in [3.8, 4) is 5.75 Å². The van der Waals surface area contributed by atoms with Crippen molar-refractivity contribution in [2.45, 2.75) is 80.1 Å². The molecule has 0 aliphatic heterocycles. The Bertz CT molecular complexity index is 1020. The number of allylic oxidation sites excluding steroid dienone is 9. The maximum absolute atomic E-state index is 12.4. The number of anilines is 1. The van der Waals surface area contributed by atoms with E-state index in [1.165, 1.54) is 36.5 Å². The molecule has 0 aromatic heterocycles. The standard InChI is InChI=1S/C30H41NO2/c1-21(14-16-25-23(3)13-10-18-30(25,7)8)11-9-12-22(2)19-28(33)31-26-20-24(29(4,5)6)15-17-27(26)32/h9,11-12,14-17,19-20,32H,10,13,18H2,1-8H3,(H,31,33). The highest BCUT2D eigenvalue weighted by Crippen LogP contribution is 2.40. The molecule has 3 nitrogen and oxygen atoms in total. The quantitative estimate of drug-likeness (QED) is 0.262. The molecular formula is C30H41NO2. The van der Waals surface area contributed by atoms with Crippen LogP contribution in [0.4, 0.5) is 5.69 Å². The van der Waals surface area contributed by atoms with E-state index in [0.29, 0.717) is 5.69 Å². The molecule has 0 radical (unpaired) electrons. The average molecular weight is 448 g/mol. The number of carbonyl (C=O) groups is 1. The van der Waals surface area contributed by atoms with Crippen LogP contribution in [-0.2, 0) is 10.2 Å². The summed E-state index contributed by atoms with van der Waals surface area (Å²) >= 11 is 0. The molecule has 1 amide bonds. The van der Waals surface area contributed by atoms with Crippen molar-refractivity contribution < 1.29 is 9.90 Å². The van der Waals surface area contributed by atoms with Gasteiger partial charge in [-0.05, 0) is 79.7 Å². The Morgan fingerprint density at radius 3 is 2.45 bits per heavy atom. The number of carbonyl (C=O) groups excluding carboxylic acids is 1. The largest absolute Gasteiger partial charge is 0.506 e.